The van der Waals surface area contributed by atoms with Crippen LogP contribution in [0.4, 0.5) is 0 Å². The topological polar surface area (TPSA) is 112 Å². The molecule has 2 saturated heterocycles. The number of hydrogen-bond donors (Lipinski definition) is 2. The third-order valence-electron chi connectivity index (χ3n) is 6.76. The molecule has 0 radical (unpaired) electrons. The van der Waals surface area contributed by atoms with Gasteiger partial charge >= 0.3 is 5.97 Å². The summed E-state index contributed by atoms with van der Waals surface area (Å²) in [5.74, 6) is -2.27. The van der Waals surface area contributed by atoms with Crippen LogP contribution in [0.2, 0.25) is 0 Å². The maximum Gasteiger partial charge on any atom is 0.354 e. The molecule has 2 aliphatic heterocycles. The monoisotopic (exact) mass is 481 g/mol. The summed E-state index contributed by atoms with van der Waals surface area (Å²) < 4.78 is 10.2. The smallest absolute Gasteiger partial charge is 0.354 e. The summed E-state index contributed by atoms with van der Waals surface area (Å²) in [6.45, 7) is 9.04. The lowest BCUT2D eigenvalue weighted by atomic mass is 9.93. The van der Waals surface area contributed by atoms with E-state index >= 15 is 0 Å². The molecule has 0 spiro atoms. The maximum absolute atomic E-state index is 13.3. The van der Waals surface area contributed by atoms with E-state index in [0.717, 1.165) is 24.2 Å². The Hall–Kier alpha value is -3.43. The van der Waals surface area contributed by atoms with Crippen LogP contribution in [-0.4, -0.2) is 84.1 Å². The van der Waals surface area contributed by atoms with E-state index in [1.54, 1.807) is 13.8 Å². The van der Waals surface area contributed by atoms with Gasteiger partial charge in [0.25, 0.3) is 11.7 Å². The van der Waals surface area contributed by atoms with E-state index in [4.69, 9.17) is 9.47 Å². The second kappa shape index (κ2) is 10.1. The number of aliphatic hydroxyl groups excluding tert-OH is 1. The lowest BCUT2D eigenvalue weighted by Gasteiger charge is -2.31. The summed E-state index contributed by atoms with van der Waals surface area (Å²) in [4.78, 5) is 45.4. The van der Waals surface area contributed by atoms with Crippen LogP contribution in [-0.2, 0) is 19.1 Å². The van der Waals surface area contributed by atoms with Gasteiger partial charge < -0.3 is 24.5 Å². The molecular formula is C26H31N3O6. The standard InChI is InChI=1S/C26H31N3O6/c1-15-5-7-18(8-6-15)22-20(23(30)19-16(2)21(26(33)34-4)27-17(19)3)24(31)25(32)29(22)10-9-28-11-13-35-14-12-28/h5-8,22,27,30H,9-14H2,1-4H3/b23-20+. The van der Waals surface area contributed by atoms with Crippen molar-refractivity contribution in [3.05, 3.63) is 63.5 Å². The summed E-state index contributed by atoms with van der Waals surface area (Å²) in [5, 5.41) is 11.4. The van der Waals surface area contributed by atoms with Gasteiger partial charge in [0.2, 0.25) is 0 Å². The first-order chi connectivity index (χ1) is 16.7. The number of morpholine rings is 1. The lowest BCUT2D eigenvalue weighted by Crippen LogP contribution is -2.42. The minimum Gasteiger partial charge on any atom is -0.507 e. The molecule has 1 amide bonds. The number of methoxy groups -OCH3 is 1. The number of Topliss-reactive ketones (excluding diaryl/α,β-unsaturated/α-hetero) is 1. The molecule has 2 N–H and O–H groups in total. The Bertz CT molecular complexity index is 1170. The number of H-pyrrole nitrogens is 1. The number of aryl methyl sites for hydroxylation is 2. The van der Waals surface area contributed by atoms with E-state index in [1.807, 2.05) is 31.2 Å². The maximum atomic E-state index is 13.3. The Morgan fingerprint density at radius 1 is 1.11 bits per heavy atom. The zero-order valence-electron chi connectivity index (χ0n) is 20.5. The summed E-state index contributed by atoms with van der Waals surface area (Å²) >= 11 is 0. The van der Waals surface area contributed by atoms with Gasteiger partial charge in [-0.05, 0) is 31.9 Å². The van der Waals surface area contributed by atoms with Crippen molar-refractivity contribution in [2.24, 2.45) is 0 Å². The van der Waals surface area contributed by atoms with Gasteiger partial charge in [-0.25, -0.2) is 4.79 Å². The summed E-state index contributed by atoms with van der Waals surface area (Å²) in [6, 6.07) is 6.83. The number of esters is 1. The second-order valence-corrected chi connectivity index (χ2v) is 8.97. The zero-order chi connectivity index (χ0) is 25.3. The summed E-state index contributed by atoms with van der Waals surface area (Å²) in [5.41, 5.74) is 3.27. The number of aliphatic hydroxyl groups is 1. The van der Waals surface area contributed by atoms with Crippen molar-refractivity contribution in [3.8, 4) is 0 Å². The number of nitrogens with zero attached hydrogens (tertiary/aromatic N) is 2. The molecule has 4 rings (SSSR count). The Balaban J connectivity index is 1.79. The number of benzene rings is 1. The molecule has 1 aromatic heterocycles. The fourth-order valence-electron chi connectivity index (χ4n) is 4.83. The highest BCUT2D eigenvalue weighted by Gasteiger charge is 2.46. The van der Waals surface area contributed by atoms with Crippen LogP contribution in [0.1, 0.15) is 44.5 Å². The normalized spacial score (nSPS) is 20.5. The number of carbonyl (C=O) groups is 3. The van der Waals surface area contributed by atoms with Gasteiger partial charge in [-0.15, -0.1) is 0 Å². The molecule has 2 fully saturated rings. The van der Waals surface area contributed by atoms with Gasteiger partial charge in [0.05, 0.1) is 31.9 Å². The molecule has 3 heterocycles. The fourth-order valence-corrected chi connectivity index (χ4v) is 4.83. The van der Waals surface area contributed by atoms with Crippen molar-refractivity contribution < 1.29 is 29.0 Å². The highest BCUT2D eigenvalue weighted by molar-refractivity contribution is 6.46. The Kier molecular flexibility index (Phi) is 7.09. The van der Waals surface area contributed by atoms with E-state index in [-0.39, 0.29) is 17.0 Å². The molecule has 9 heteroatoms. The number of ketones is 1. The number of rotatable bonds is 6. The number of carbonyl (C=O) groups excluding carboxylic acids is 3. The number of amides is 1. The minimum absolute atomic E-state index is 0.0162. The minimum atomic E-state index is -0.744. The largest absolute Gasteiger partial charge is 0.507 e. The van der Waals surface area contributed by atoms with E-state index in [1.165, 1.54) is 12.0 Å². The van der Waals surface area contributed by atoms with E-state index < -0.39 is 23.7 Å². The highest BCUT2D eigenvalue weighted by Crippen LogP contribution is 2.40. The SMILES string of the molecule is COC(=O)c1[nH]c(C)c(/C(O)=C2\C(=O)C(=O)N(CCN3CCOCC3)C2c2ccc(C)cc2)c1C. The molecule has 1 aromatic carbocycles. The van der Waals surface area contributed by atoms with Crippen molar-refractivity contribution in [2.75, 3.05) is 46.5 Å². The van der Waals surface area contributed by atoms with E-state index in [2.05, 4.69) is 9.88 Å². The first-order valence-corrected chi connectivity index (χ1v) is 11.7. The van der Waals surface area contributed by atoms with Gasteiger partial charge in [-0.1, -0.05) is 29.8 Å². The summed E-state index contributed by atoms with van der Waals surface area (Å²) in [7, 11) is 1.27. The van der Waals surface area contributed by atoms with Crippen molar-refractivity contribution in [1.82, 2.24) is 14.8 Å². The van der Waals surface area contributed by atoms with Gasteiger partial charge in [-0.2, -0.15) is 0 Å². The number of hydrogen-bond acceptors (Lipinski definition) is 7. The Labute approximate surface area is 204 Å². The number of ether oxygens (including phenoxy) is 2. The molecule has 0 saturated carbocycles. The summed E-state index contributed by atoms with van der Waals surface area (Å²) in [6.07, 6.45) is 0. The van der Waals surface area contributed by atoms with Crippen molar-refractivity contribution >= 4 is 23.4 Å². The van der Waals surface area contributed by atoms with Crippen molar-refractivity contribution in [3.63, 3.8) is 0 Å². The van der Waals surface area contributed by atoms with Crippen LogP contribution in [0.25, 0.3) is 5.76 Å². The molecule has 35 heavy (non-hydrogen) atoms. The number of aromatic amines is 1. The van der Waals surface area contributed by atoms with Crippen LogP contribution in [0, 0.1) is 20.8 Å². The molecule has 0 aliphatic carbocycles. The van der Waals surface area contributed by atoms with Crippen molar-refractivity contribution in [1.29, 1.82) is 0 Å². The fraction of sp³-hybridized carbons (Fsp3) is 0.423. The second-order valence-electron chi connectivity index (χ2n) is 8.97. The Morgan fingerprint density at radius 3 is 2.40 bits per heavy atom. The lowest BCUT2D eigenvalue weighted by molar-refractivity contribution is -0.140. The predicted molar refractivity (Wildman–Crippen MR) is 129 cm³/mol. The van der Waals surface area contributed by atoms with Crippen LogP contribution in [0.5, 0.6) is 0 Å². The number of likely N-dealkylation sites (tertiary alicyclic amines) is 1. The quantitative estimate of drug-likeness (QED) is 0.282. The average Bonchev–Trinajstić information content (AvgIpc) is 3.30. The molecule has 1 atom stereocenters. The van der Waals surface area contributed by atoms with E-state index in [9.17, 15) is 19.5 Å². The zero-order valence-corrected chi connectivity index (χ0v) is 20.5. The van der Waals surface area contributed by atoms with Gasteiger partial charge in [0.15, 0.2) is 0 Å². The predicted octanol–water partition coefficient (Wildman–Crippen LogP) is 2.48. The third-order valence-corrected chi connectivity index (χ3v) is 6.76. The molecule has 1 unspecified atom stereocenters. The molecule has 2 aliphatic rings. The molecule has 0 bridgehead atoms. The van der Waals surface area contributed by atoms with Gasteiger partial charge in [-0.3, -0.25) is 14.5 Å². The Morgan fingerprint density at radius 2 is 1.77 bits per heavy atom. The van der Waals surface area contributed by atoms with Gasteiger partial charge in [0.1, 0.15) is 11.5 Å². The van der Waals surface area contributed by atoms with Crippen LogP contribution < -0.4 is 0 Å². The van der Waals surface area contributed by atoms with E-state index in [0.29, 0.717) is 43.1 Å². The van der Waals surface area contributed by atoms with Crippen molar-refractivity contribution in [2.45, 2.75) is 26.8 Å². The highest BCUT2D eigenvalue weighted by atomic mass is 16.5. The van der Waals surface area contributed by atoms with Crippen LogP contribution in [0.3, 0.4) is 0 Å². The molecular weight excluding hydrogens is 450 g/mol. The molecule has 186 valence electrons. The first-order valence-electron chi connectivity index (χ1n) is 11.7. The number of nitrogens with one attached hydrogen (secondary N) is 1. The third kappa shape index (κ3) is 4.61. The molecule has 9 nitrogen and oxygen atoms in total. The average molecular weight is 482 g/mol. The van der Waals surface area contributed by atoms with Gasteiger partial charge in [0, 0.05) is 37.4 Å². The number of aromatic nitrogens is 1. The van der Waals surface area contributed by atoms with Crippen LogP contribution >= 0.6 is 0 Å². The molecule has 2 aromatic rings. The first kappa shape index (κ1) is 24.7. The van der Waals surface area contributed by atoms with Crippen LogP contribution in [0.15, 0.2) is 29.8 Å².